The second-order valence-corrected chi connectivity index (χ2v) is 7.66. The van der Waals surface area contributed by atoms with Gasteiger partial charge in [-0.05, 0) is 43.7 Å². The number of rotatable bonds is 6. The molecule has 0 saturated carbocycles. The van der Waals surface area contributed by atoms with Gasteiger partial charge in [0.15, 0.2) is 6.61 Å². The Kier molecular flexibility index (Phi) is 5.38. The van der Waals surface area contributed by atoms with E-state index in [1.165, 1.54) is 18.2 Å². The zero-order valence-electron chi connectivity index (χ0n) is 17.8. The fourth-order valence-corrected chi connectivity index (χ4v) is 4.19. The fourth-order valence-electron chi connectivity index (χ4n) is 4.19. The summed E-state index contributed by atoms with van der Waals surface area (Å²) in [6.07, 6.45) is 0. The summed E-state index contributed by atoms with van der Waals surface area (Å²) in [5, 5.41) is 1.47. The van der Waals surface area contributed by atoms with Crippen LogP contribution in [0.1, 0.15) is 27.0 Å². The summed E-state index contributed by atoms with van der Waals surface area (Å²) >= 11 is 0. The third-order valence-electron chi connectivity index (χ3n) is 5.34. The maximum Gasteiger partial charge on any atom is 0.343 e. The molecule has 0 aliphatic rings. The summed E-state index contributed by atoms with van der Waals surface area (Å²) in [5.41, 5.74) is 11.4. The van der Waals surface area contributed by atoms with E-state index in [2.05, 4.69) is 36.6 Å². The number of benzene rings is 3. The molecule has 2 N–H and O–H groups in total. The van der Waals surface area contributed by atoms with E-state index in [-0.39, 0.29) is 6.61 Å². The van der Waals surface area contributed by atoms with Gasteiger partial charge in [0, 0.05) is 17.5 Å². The molecule has 31 heavy (non-hydrogen) atoms. The first-order valence-corrected chi connectivity index (χ1v) is 9.99. The Hall–Kier alpha value is -3.80. The van der Waals surface area contributed by atoms with Gasteiger partial charge in [0.2, 0.25) is 5.91 Å². The van der Waals surface area contributed by atoms with Gasteiger partial charge in [-0.25, -0.2) is 4.79 Å². The average molecular weight is 416 g/mol. The number of nitrogens with two attached hydrogens (primary N) is 1. The summed E-state index contributed by atoms with van der Waals surface area (Å²) in [4.78, 5) is 23.9. The Morgan fingerprint density at radius 1 is 0.935 bits per heavy atom. The number of primary amides is 1. The number of hydrogen-bond donors (Lipinski definition) is 1. The van der Waals surface area contributed by atoms with Gasteiger partial charge in [0.25, 0.3) is 0 Å². The van der Waals surface area contributed by atoms with E-state index in [1.54, 1.807) is 12.1 Å². The maximum absolute atomic E-state index is 12.2. The highest BCUT2D eigenvalue weighted by Crippen LogP contribution is 2.38. The first-order chi connectivity index (χ1) is 14.9. The van der Waals surface area contributed by atoms with Crippen molar-refractivity contribution in [1.29, 1.82) is 0 Å². The quantitative estimate of drug-likeness (QED) is 0.480. The Labute approximate surface area is 180 Å². The average Bonchev–Trinajstić information content (AvgIpc) is 3.05. The van der Waals surface area contributed by atoms with Crippen molar-refractivity contribution in [3.8, 4) is 5.75 Å². The van der Waals surface area contributed by atoms with Crippen molar-refractivity contribution in [2.75, 3.05) is 13.7 Å². The molecule has 0 saturated heterocycles. The van der Waals surface area contributed by atoms with Crippen molar-refractivity contribution in [3.05, 3.63) is 76.9 Å². The summed E-state index contributed by atoms with van der Waals surface area (Å²) in [5.74, 6) is -0.495. The van der Waals surface area contributed by atoms with Crippen LogP contribution in [0.5, 0.6) is 5.75 Å². The van der Waals surface area contributed by atoms with Crippen LogP contribution in [0.25, 0.3) is 21.8 Å². The molecule has 1 heterocycles. The molecule has 0 aliphatic carbocycles. The Bertz CT molecular complexity index is 1300. The molecule has 0 unspecified atom stereocenters. The first kappa shape index (κ1) is 20.5. The van der Waals surface area contributed by atoms with Crippen LogP contribution < -0.4 is 10.5 Å². The Morgan fingerprint density at radius 2 is 1.58 bits per heavy atom. The fraction of sp³-hybridized carbons (Fsp3) is 0.200. The number of ether oxygens (including phenoxy) is 2. The molecule has 0 spiro atoms. The Morgan fingerprint density at radius 3 is 2.23 bits per heavy atom. The number of esters is 1. The molecule has 1 aromatic heterocycles. The minimum atomic E-state index is -0.515. The summed E-state index contributed by atoms with van der Waals surface area (Å²) in [6.45, 7) is 4.54. The highest BCUT2D eigenvalue weighted by atomic mass is 16.6. The first-order valence-electron chi connectivity index (χ1n) is 9.99. The SMILES string of the molecule is COC(=O)COc1cccc2c1c1c(C(N)=O)cccc1n2Cc1cc(C)cc(C)c1. The van der Waals surface area contributed by atoms with Crippen LogP contribution in [0.15, 0.2) is 54.6 Å². The molecule has 0 atom stereocenters. The van der Waals surface area contributed by atoms with Crippen molar-refractivity contribution >= 4 is 33.7 Å². The summed E-state index contributed by atoms with van der Waals surface area (Å²) in [6, 6.07) is 17.6. The summed E-state index contributed by atoms with van der Waals surface area (Å²) in [7, 11) is 1.31. The van der Waals surface area contributed by atoms with E-state index in [0.29, 0.717) is 17.9 Å². The van der Waals surface area contributed by atoms with Crippen LogP contribution in [0, 0.1) is 13.8 Å². The third kappa shape index (κ3) is 3.84. The zero-order valence-corrected chi connectivity index (χ0v) is 17.8. The molecule has 158 valence electrons. The predicted octanol–water partition coefficient (Wildman–Crippen LogP) is 4.11. The highest BCUT2D eigenvalue weighted by Gasteiger charge is 2.20. The number of methoxy groups -OCH3 is 1. The largest absolute Gasteiger partial charge is 0.481 e. The smallest absolute Gasteiger partial charge is 0.343 e. The number of hydrogen-bond acceptors (Lipinski definition) is 4. The predicted molar refractivity (Wildman–Crippen MR) is 120 cm³/mol. The lowest BCUT2D eigenvalue weighted by Crippen LogP contribution is -2.13. The minimum Gasteiger partial charge on any atom is -0.481 e. The number of fused-ring (bicyclic) bond motifs is 3. The van der Waals surface area contributed by atoms with Crippen LogP contribution >= 0.6 is 0 Å². The topological polar surface area (TPSA) is 83.6 Å². The van der Waals surface area contributed by atoms with E-state index < -0.39 is 11.9 Å². The van der Waals surface area contributed by atoms with Crippen LogP contribution in [0.2, 0.25) is 0 Å². The minimum absolute atomic E-state index is 0.224. The number of aromatic nitrogens is 1. The van der Waals surface area contributed by atoms with Crippen molar-refractivity contribution in [3.63, 3.8) is 0 Å². The van der Waals surface area contributed by atoms with Crippen LogP contribution in [0.4, 0.5) is 0 Å². The zero-order chi connectivity index (χ0) is 22.1. The van der Waals surface area contributed by atoms with Crippen molar-refractivity contribution in [1.82, 2.24) is 4.57 Å². The van der Waals surface area contributed by atoms with Gasteiger partial charge in [-0.1, -0.05) is 41.5 Å². The van der Waals surface area contributed by atoms with Crippen molar-refractivity contribution in [2.24, 2.45) is 5.73 Å². The van der Waals surface area contributed by atoms with Gasteiger partial charge >= 0.3 is 5.97 Å². The lowest BCUT2D eigenvalue weighted by molar-refractivity contribution is -0.142. The highest BCUT2D eigenvalue weighted by molar-refractivity contribution is 6.19. The second-order valence-electron chi connectivity index (χ2n) is 7.66. The van der Waals surface area contributed by atoms with E-state index in [4.69, 9.17) is 15.2 Å². The molecule has 4 aromatic rings. The second kappa shape index (κ2) is 8.14. The lowest BCUT2D eigenvalue weighted by atomic mass is 10.1. The maximum atomic E-state index is 12.2. The molecular weight excluding hydrogens is 392 g/mol. The van der Waals surface area contributed by atoms with Gasteiger partial charge < -0.3 is 19.8 Å². The van der Waals surface area contributed by atoms with Gasteiger partial charge in [-0.3, -0.25) is 4.79 Å². The normalized spacial score (nSPS) is 11.1. The monoisotopic (exact) mass is 416 g/mol. The lowest BCUT2D eigenvalue weighted by Gasteiger charge is -2.10. The molecule has 0 aliphatic heterocycles. The van der Waals surface area contributed by atoms with E-state index >= 15 is 0 Å². The molecule has 0 fully saturated rings. The van der Waals surface area contributed by atoms with Crippen LogP contribution in [-0.2, 0) is 16.1 Å². The molecule has 3 aromatic carbocycles. The molecule has 6 nitrogen and oxygen atoms in total. The Balaban J connectivity index is 1.98. The third-order valence-corrected chi connectivity index (χ3v) is 5.34. The standard InChI is InChI=1S/C25H24N2O4/c1-15-10-16(2)12-17(11-15)13-27-19-7-4-6-18(25(26)29)23(19)24-20(27)8-5-9-21(24)31-14-22(28)30-3/h4-12H,13-14H2,1-3H3,(H2,26,29). The van der Waals surface area contributed by atoms with Crippen LogP contribution in [-0.4, -0.2) is 30.2 Å². The number of aryl methyl sites for hydroxylation is 2. The molecule has 0 bridgehead atoms. The molecule has 0 radical (unpaired) electrons. The van der Waals surface area contributed by atoms with E-state index in [1.807, 2.05) is 24.3 Å². The van der Waals surface area contributed by atoms with Crippen molar-refractivity contribution in [2.45, 2.75) is 20.4 Å². The van der Waals surface area contributed by atoms with Gasteiger partial charge in [0.1, 0.15) is 5.75 Å². The van der Waals surface area contributed by atoms with Gasteiger partial charge in [-0.15, -0.1) is 0 Å². The van der Waals surface area contributed by atoms with E-state index in [9.17, 15) is 9.59 Å². The summed E-state index contributed by atoms with van der Waals surface area (Å²) < 4.78 is 12.6. The van der Waals surface area contributed by atoms with Gasteiger partial charge in [0.05, 0.1) is 23.5 Å². The van der Waals surface area contributed by atoms with Crippen molar-refractivity contribution < 1.29 is 19.1 Å². The molecular formula is C25H24N2O4. The number of carbonyl (C=O) groups excluding carboxylic acids is 2. The van der Waals surface area contributed by atoms with E-state index in [0.717, 1.165) is 27.4 Å². The number of carbonyl (C=O) groups is 2. The van der Waals surface area contributed by atoms with Crippen LogP contribution in [0.3, 0.4) is 0 Å². The van der Waals surface area contributed by atoms with Gasteiger partial charge in [-0.2, -0.15) is 0 Å². The number of amides is 1. The molecule has 1 amide bonds. The molecule has 4 rings (SSSR count). The number of nitrogens with zero attached hydrogens (tertiary/aromatic N) is 1. The molecule has 6 heteroatoms.